The molecule has 1 aliphatic carbocycles. The number of amides is 1. The molecule has 0 aromatic heterocycles. The average Bonchev–Trinajstić information content (AvgIpc) is 3.15. The zero-order chi connectivity index (χ0) is 14.1. The van der Waals surface area contributed by atoms with Crippen LogP contribution >= 0.6 is 12.2 Å². The summed E-state index contributed by atoms with van der Waals surface area (Å²) in [7, 11) is 0. The minimum Gasteiger partial charge on any atom is -0.393 e. The number of ether oxygens (including phenoxy) is 1. The fourth-order valence-electron chi connectivity index (χ4n) is 2.54. The Morgan fingerprint density at radius 3 is 2.80 bits per heavy atom. The van der Waals surface area contributed by atoms with Gasteiger partial charge in [-0.3, -0.25) is 4.79 Å². The topological polar surface area (TPSA) is 55.6 Å². The second-order valence-corrected chi connectivity index (χ2v) is 5.95. The van der Waals surface area contributed by atoms with E-state index in [0.717, 1.165) is 24.0 Å². The van der Waals surface area contributed by atoms with E-state index in [2.05, 4.69) is 0 Å². The standard InChI is InChI=1S/C15H18N2O2S/c16-14(20)5-6-17(13-3-4-13)15(18)10-1-2-11-8-19-9-12(11)7-10/h1-2,7,13H,3-6,8-9H2,(H2,16,20). The maximum Gasteiger partial charge on any atom is 0.254 e. The molecule has 1 heterocycles. The van der Waals surface area contributed by atoms with Gasteiger partial charge in [-0.2, -0.15) is 0 Å². The van der Waals surface area contributed by atoms with E-state index >= 15 is 0 Å². The minimum absolute atomic E-state index is 0.0819. The summed E-state index contributed by atoms with van der Waals surface area (Å²) in [5, 5.41) is 0. The number of hydrogen-bond acceptors (Lipinski definition) is 3. The number of rotatable bonds is 5. The van der Waals surface area contributed by atoms with E-state index < -0.39 is 0 Å². The molecule has 1 fully saturated rings. The van der Waals surface area contributed by atoms with Crippen LogP contribution in [0.25, 0.3) is 0 Å². The first-order valence-electron chi connectivity index (χ1n) is 6.94. The van der Waals surface area contributed by atoms with Gasteiger partial charge in [0.05, 0.1) is 18.2 Å². The van der Waals surface area contributed by atoms with Gasteiger partial charge in [0.15, 0.2) is 0 Å². The van der Waals surface area contributed by atoms with E-state index in [1.165, 1.54) is 5.56 Å². The van der Waals surface area contributed by atoms with E-state index in [1.807, 2.05) is 23.1 Å². The van der Waals surface area contributed by atoms with Crippen LogP contribution in [0, 0.1) is 0 Å². The lowest BCUT2D eigenvalue weighted by Gasteiger charge is -2.22. The zero-order valence-electron chi connectivity index (χ0n) is 11.3. The van der Waals surface area contributed by atoms with Crippen molar-refractivity contribution in [1.82, 2.24) is 4.90 Å². The molecule has 4 nitrogen and oxygen atoms in total. The quantitative estimate of drug-likeness (QED) is 0.843. The highest BCUT2D eigenvalue weighted by atomic mass is 32.1. The van der Waals surface area contributed by atoms with Gasteiger partial charge in [-0.05, 0) is 36.1 Å². The Hall–Kier alpha value is -1.46. The number of nitrogens with zero attached hydrogens (tertiary/aromatic N) is 1. The largest absolute Gasteiger partial charge is 0.393 e. The molecule has 0 radical (unpaired) electrons. The Morgan fingerprint density at radius 2 is 2.10 bits per heavy atom. The second kappa shape index (κ2) is 5.50. The predicted octanol–water partition coefficient (Wildman–Crippen LogP) is 2.00. The molecule has 0 saturated heterocycles. The molecule has 5 heteroatoms. The lowest BCUT2D eigenvalue weighted by atomic mass is 10.1. The van der Waals surface area contributed by atoms with E-state index in [1.54, 1.807) is 0 Å². The summed E-state index contributed by atoms with van der Waals surface area (Å²) in [4.78, 5) is 15.0. The smallest absolute Gasteiger partial charge is 0.254 e. The van der Waals surface area contributed by atoms with Gasteiger partial charge < -0.3 is 15.4 Å². The third-order valence-electron chi connectivity index (χ3n) is 3.82. The molecule has 1 aliphatic heterocycles. The number of hydrogen-bond donors (Lipinski definition) is 1. The maximum atomic E-state index is 12.6. The van der Waals surface area contributed by atoms with Gasteiger partial charge in [0.2, 0.25) is 0 Å². The van der Waals surface area contributed by atoms with Crippen LogP contribution in [-0.4, -0.2) is 28.4 Å². The molecule has 1 aromatic carbocycles. The fraction of sp³-hybridized carbons (Fsp3) is 0.467. The molecule has 20 heavy (non-hydrogen) atoms. The first-order chi connectivity index (χ1) is 9.65. The van der Waals surface area contributed by atoms with E-state index in [9.17, 15) is 4.79 Å². The Morgan fingerprint density at radius 1 is 1.35 bits per heavy atom. The summed E-state index contributed by atoms with van der Waals surface area (Å²) in [6.45, 7) is 1.87. The van der Waals surface area contributed by atoms with Crippen LogP contribution in [0.15, 0.2) is 18.2 Å². The van der Waals surface area contributed by atoms with Crippen molar-refractivity contribution >= 4 is 23.1 Å². The highest BCUT2D eigenvalue weighted by Crippen LogP contribution is 2.29. The second-order valence-electron chi connectivity index (χ2n) is 5.42. The van der Waals surface area contributed by atoms with Gasteiger partial charge >= 0.3 is 0 Å². The number of thiocarbonyl (C=S) groups is 1. The molecule has 1 aromatic rings. The highest BCUT2D eigenvalue weighted by molar-refractivity contribution is 7.80. The van der Waals surface area contributed by atoms with Gasteiger partial charge in [-0.15, -0.1) is 0 Å². The van der Waals surface area contributed by atoms with Crippen LogP contribution in [0.3, 0.4) is 0 Å². The minimum atomic E-state index is 0.0819. The van der Waals surface area contributed by atoms with E-state index in [0.29, 0.717) is 37.2 Å². The number of fused-ring (bicyclic) bond motifs is 1. The Bertz CT molecular complexity index is 555. The third-order valence-corrected chi connectivity index (χ3v) is 4.02. The van der Waals surface area contributed by atoms with Crippen molar-refractivity contribution < 1.29 is 9.53 Å². The van der Waals surface area contributed by atoms with Gasteiger partial charge in [-0.1, -0.05) is 18.3 Å². The van der Waals surface area contributed by atoms with Crippen LogP contribution in [-0.2, 0) is 18.0 Å². The molecule has 0 unspecified atom stereocenters. The third kappa shape index (κ3) is 2.83. The Labute approximate surface area is 123 Å². The van der Waals surface area contributed by atoms with Crippen molar-refractivity contribution in [2.45, 2.75) is 38.5 Å². The molecule has 0 bridgehead atoms. The lowest BCUT2D eigenvalue weighted by Crippen LogP contribution is -2.35. The first kappa shape index (κ1) is 13.5. The summed E-state index contributed by atoms with van der Waals surface area (Å²) in [6, 6.07) is 6.21. The van der Waals surface area contributed by atoms with Crippen LogP contribution < -0.4 is 5.73 Å². The van der Waals surface area contributed by atoms with Crippen molar-refractivity contribution in [2.24, 2.45) is 5.73 Å². The summed E-state index contributed by atoms with van der Waals surface area (Å²) in [6.07, 6.45) is 2.75. The molecular weight excluding hydrogens is 272 g/mol. The summed E-state index contributed by atoms with van der Waals surface area (Å²) < 4.78 is 5.39. The van der Waals surface area contributed by atoms with Crippen LogP contribution in [0.1, 0.15) is 40.7 Å². The molecule has 106 valence electrons. The first-order valence-corrected chi connectivity index (χ1v) is 7.35. The van der Waals surface area contributed by atoms with Gasteiger partial charge in [0, 0.05) is 24.6 Å². The van der Waals surface area contributed by atoms with Gasteiger partial charge in [-0.25, -0.2) is 0 Å². The van der Waals surface area contributed by atoms with Crippen molar-refractivity contribution in [1.29, 1.82) is 0 Å². The fourth-order valence-corrected chi connectivity index (χ4v) is 2.63. The van der Waals surface area contributed by atoms with Crippen LogP contribution in [0.5, 0.6) is 0 Å². The lowest BCUT2D eigenvalue weighted by molar-refractivity contribution is 0.0748. The number of nitrogens with two attached hydrogens (primary N) is 1. The molecule has 1 amide bonds. The average molecular weight is 290 g/mol. The van der Waals surface area contributed by atoms with Gasteiger partial charge in [0.1, 0.15) is 0 Å². The van der Waals surface area contributed by atoms with Crippen LogP contribution in [0.4, 0.5) is 0 Å². The number of carbonyl (C=O) groups is 1. The summed E-state index contributed by atoms with van der Waals surface area (Å²) >= 11 is 4.91. The van der Waals surface area contributed by atoms with Gasteiger partial charge in [0.25, 0.3) is 5.91 Å². The summed E-state index contributed by atoms with van der Waals surface area (Å²) in [5.74, 6) is 0.0819. The van der Waals surface area contributed by atoms with E-state index in [-0.39, 0.29) is 5.91 Å². The van der Waals surface area contributed by atoms with Crippen molar-refractivity contribution in [3.8, 4) is 0 Å². The van der Waals surface area contributed by atoms with Crippen molar-refractivity contribution in [3.63, 3.8) is 0 Å². The monoisotopic (exact) mass is 290 g/mol. The maximum absolute atomic E-state index is 12.6. The Balaban J connectivity index is 1.76. The van der Waals surface area contributed by atoms with Crippen molar-refractivity contribution in [3.05, 3.63) is 34.9 Å². The zero-order valence-corrected chi connectivity index (χ0v) is 12.1. The molecule has 3 rings (SSSR count). The normalized spacial score (nSPS) is 16.8. The highest BCUT2D eigenvalue weighted by Gasteiger charge is 2.33. The molecule has 2 N–H and O–H groups in total. The Kier molecular flexibility index (Phi) is 3.72. The molecule has 2 aliphatic rings. The van der Waals surface area contributed by atoms with E-state index in [4.69, 9.17) is 22.7 Å². The SMILES string of the molecule is NC(=S)CCN(C(=O)c1ccc2c(c1)COC2)C1CC1. The van der Waals surface area contributed by atoms with Crippen LogP contribution in [0.2, 0.25) is 0 Å². The summed E-state index contributed by atoms with van der Waals surface area (Å²) in [5.41, 5.74) is 8.60. The number of carbonyl (C=O) groups excluding carboxylic acids is 1. The molecule has 0 atom stereocenters. The molecule has 0 spiro atoms. The van der Waals surface area contributed by atoms with Crippen molar-refractivity contribution in [2.75, 3.05) is 6.54 Å². The predicted molar refractivity (Wildman–Crippen MR) is 80.4 cm³/mol. The molecular formula is C15H18N2O2S. The number of benzene rings is 1. The molecule has 1 saturated carbocycles.